The summed E-state index contributed by atoms with van der Waals surface area (Å²) in [5, 5.41) is 3.82. The topological polar surface area (TPSA) is 15.3 Å². The zero-order chi connectivity index (χ0) is 11.5. The Bertz CT molecular complexity index is 205. The molecule has 2 nitrogen and oxygen atoms in total. The molecule has 1 saturated heterocycles. The van der Waals surface area contributed by atoms with Crippen LogP contribution in [0.3, 0.4) is 0 Å². The Balaban J connectivity index is 1.67. The van der Waals surface area contributed by atoms with Crippen LogP contribution < -0.4 is 5.32 Å². The van der Waals surface area contributed by atoms with Gasteiger partial charge in [-0.05, 0) is 65.1 Å². The molecule has 2 heteroatoms. The normalized spacial score (nSPS) is 27.9. The van der Waals surface area contributed by atoms with Gasteiger partial charge in [0.2, 0.25) is 0 Å². The fourth-order valence-corrected chi connectivity index (χ4v) is 3.04. The summed E-state index contributed by atoms with van der Waals surface area (Å²) in [5.74, 6) is 1.95. The number of hydrogen-bond donors (Lipinski definition) is 1. The third kappa shape index (κ3) is 3.74. The highest BCUT2D eigenvalue weighted by Gasteiger charge is 2.26. The summed E-state index contributed by atoms with van der Waals surface area (Å²) in [4.78, 5) is 2.46. The van der Waals surface area contributed by atoms with Crippen molar-refractivity contribution >= 4 is 0 Å². The molecule has 0 aromatic rings. The first kappa shape index (κ1) is 12.4. The van der Waals surface area contributed by atoms with Crippen molar-refractivity contribution in [3.05, 3.63) is 0 Å². The lowest BCUT2D eigenvalue weighted by atomic mass is 9.90. The molecule has 2 rings (SSSR count). The minimum Gasteiger partial charge on any atom is -0.311 e. The van der Waals surface area contributed by atoms with E-state index in [9.17, 15) is 0 Å². The molecule has 16 heavy (non-hydrogen) atoms. The summed E-state index contributed by atoms with van der Waals surface area (Å²) in [6.45, 7) is 7.32. The van der Waals surface area contributed by atoms with Crippen LogP contribution in [0.25, 0.3) is 0 Å². The number of likely N-dealkylation sites (tertiary alicyclic amines) is 1. The molecule has 0 radical (unpaired) electrons. The van der Waals surface area contributed by atoms with E-state index in [4.69, 9.17) is 0 Å². The Labute approximate surface area is 101 Å². The van der Waals surface area contributed by atoms with Crippen molar-refractivity contribution < 1.29 is 0 Å². The van der Waals surface area contributed by atoms with Gasteiger partial charge in [0, 0.05) is 12.1 Å². The van der Waals surface area contributed by atoms with Gasteiger partial charge in [-0.2, -0.15) is 0 Å². The number of hydrogen-bond acceptors (Lipinski definition) is 2. The Morgan fingerprint density at radius 3 is 2.31 bits per heavy atom. The van der Waals surface area contributed by atoms with Crippen LogP contribution in [-0.2, 0) is 0 Å². The van der Waals surface area contributed by atoms with Gasteiger partial charge in [0.1, 0.15) is 0 Å². The van der Waals surface area contributed by atoms with Gasteiger partial charge in [-0.1, -0.05) is 12.8 Å². The third-order valence-corrected chi connectivity index (χ3v) is 4.40. The molecule has 1 heterocycles. The number of piperidine rings is 1. The molecule has 0 bridgehead atoms. The maximum Gasteiger partial charge on any atom is 0.00704 e. The highest BCUT2D eigenvalue weighted by atomic mass is 15.1. The van der Waals surface area contributed by atoms with Gasteiger partial charge >= 0.3 is 0 Å². The van der Waals surface area contributed by atoms with Crippen LogP contribution in [0, 0.1) is 11.8 Å². The lowest BCUT2D eigenvalue weighted by molar-refractivity contribution is 0.183. The molecule has 0 aromatic carbocycles. The van der Waals surface area contributed by atoms with Crippen molar-refractivity contribution in [1.82, 2.24) is 10.2 Å². The second kappa shape index (κ2) is 5.50. The third-order valence-electron chi connectivity index (χ3n) is 4.40. The molecule has 0 aromatic heterocycles. The van der Waals surface area contributed by atoms with Crippen molar-refractivity contribution in [2.24, 2.45) is 11.8 Å². The van der Waals surface area contributed by atoms with Crippen molar-refractivity contribution in [3.8, 4) is 0 Å². The average molecular weight is 224 g/mol. The van der Waals surface area contributed by atoms with E-state index in [0.29, 0.717) is 6.04 Å². The predicted octanol–water partition coefficient (Wildman–Crippen LogP) is 2.49. The van der Waals surface area contributed by atoms with Gasteiger partial charge in [0.05, 0.1) is 0 Å². The maximum absolute atomic E-state index is 3.82. The molecule has 2 unspecified atom stereocenters. The van der Waals surface area contributed by atoms with Crippen LogP contribution >= 0.6 is 0 Å². The molecule has 1 aliphatic carbocycles. The van der Waals surface area contributed by atoms with Crippen LogP contribution in [-0.4, -0.2) is 37.1 Å². The van der Waals surface area contributed by atoms with Crippen molar-refractivity contribution in [3.63, 3.8) is 0 Å². The summed E-state index contributed by atoms with van der Waals surface area (Å²) < 4.78 is 0. The van der Waals surface area contributed by atoms with Gasteiger partial charge in [-0.25, -0.2) is 0 Å². The monoisotopic (exact) mass is 224 g/mol. The zero-order valence-corrected chi connectivity index (χ0v) is 11.2. The average Bonchev–Trinajstić information content (AvgIpc) is 3.02. The summed E-state index contributed by atoms with van der Waals surface area (Å²) >= 11 is 0. The summed E-state index contributed by atoms with van der Waals surface area (Å²) in [7, 11) is 2.24. The number of nitrogens with one attached hydrogen (secondary N) is 1. The highest BCUT2D eigenvalue weighted by molar-refractivity contribution is 4.83. The first-order chi connectivity index (χ1) is 7.65. The van der Waals surface area contributed by atoms with E-state index in [1.807, 2.05) is 0 Å². The number of nitrogens with zero attached hydrogens (tertiary/aromatic N) is 1. The summed E-state index contributed by atoms with van der Waals surface area (Å²) in [6.07, 6.45) is 7.11. The van der Waals surface area contributed by atoms with Gasteiger partial charge in [0.15, 0.2) is 0 Å². The summed E-state index contributed by atoms with van der Waals surface area (Å²) in [5.41, 5.74) is 0. The Kier molecular flexibility index (Phi) is 4.26. The van der Waals surface area contributed by atoms with Gasteiger partial charge in [-0.15, -0.1) is 0 Å². The molecule has 2 atom stereocenters. The van der Waals surface area contributed by atoms with E-state index in [0.717, 1.165) is 17.9 Å². The molecule has 1 saturated carbocycles. The minimum absolute atomic E-state index is 0.711. The van der Waals surface area contributed by atoms with Gasteiger partial charge in [0.25, 0.3) is 0 Å². The molecule has 2 aliphatic rings. The van der Waals surface area contributed by atoms with Crippen LogP contribution in [0.2, 0.25) is 0 Å². The smallest absolute Gasteiger partial charge is 0.00704 e. The first-order valence-corrected chi connectivity index (χ1v) is 7.09. The van der Waals surface area contributed by atoms with Gasteiger partial charge < -0.3 is 10.2 Å². The molecular weight excluding hydrogens is 196 g/mol. The molecule has 0 spiro atoms. The predicted molar refractivity (Wildman–Crippen MR) is 69.6 cm³/mol. The minimum atomic E-state index is 0.711. The molecule has 0 amide bonds. The standard InChI is InChI=1S/C14H28N2/c1-11(10-13-4-5-13)15-12(2)14-6-8-16(3)9-7-14/h11-15H,4-10H2,1-3H3. The lowest BCUT2D eigenvalue weighted by Gasteiger charge is -2.34. The first-order valence-electron chi connectivity index (χ1n) is 7.09. The van der Waals surface area contributed by atoms with Crippen molar-refractivity contribution in [1.29, 1.82) is 0 Å². The Morgan fingerprint density at radius 2 is 1.75 bits per heavy atom. The summed E-state index contributed by atoms with van der Waals surface area (Å²) in [6, 6.07) is 1.43. The molecule has 1 N–H and O–H groups in total. The lowest BCUT2D eigenvalue weighted by Crippen LogP contribution is -2.44. The van der Waals surface area contributed by atoms with Crippen LogP contribution in [0.1, 0.15) is 46.0 Å². The highest BCUT2D eigenvalue weighted by Crippen LogP contribution is 2.33. The Hall–Kier alpha value is -0.0800. The molecule has 94 valence electrons. The fourth-order valence-electron chi connectivity index (χ4n) is 3.04. The molecule has 2 fully saturated rings. The molecule has 1 aliphatic heterocycles. The largest absolute Gasteiger partial charge is 0.311 e. The van der Waals surface area contributed by atoms with E-state index < -0.39 is 0 Å². The molecular formula is C14H28N2. The van der Waals surface area contributed by atoms with E-state index in [1.54, 1.807) is 0 Å². The second-order valence-electron chi connectivity index (χ2n) is 6.18. The van der Waals surface area contributed by atoms with Crippen LogP contribution in [0.15, 0.2) is 0 Å². The zero-order valence-electron chi connectivity index (χ0n) is 11.2. The number of rotatable bonds is 5. The van der Waals surface area contributed by atoms with Crippen molar-refractivity contribution in [2.75, 3.05) is 20.1 Å². The van der Waals surface area contributed by atoms with E-state index in [1.165, 1.54) is 45.2 Å². The van der Waals surface area contributed by atoms with Crippen LogP contribution in [0.5, 0.6) is 0 Å². The SMILES string of the molecule is CC(CC1CC1)NC(C)C1CCN(C)CC1. The van der Waals surface area contributed by atoms with Crippen molar-refractivity contribution in [2.45, 2.75) is 58.0 Å². The quantitative estimate of drug-likeness (QED) is 0.772. The van der Waals surface area contributed by atoms with Crippen LogP contribution in [0.4, 0.5) is 0 Å². The Morgan fingerprint density at radius 1 is 1.12 bits per heavy atom. The fraction of sp³-hybridized carbons (Fsp3) is 1.00. The van der Waals surface area contributed by atoms with E-state index in [-0.39, 0.29) is 0 Å². The maximum atomic E-state index is 3.82. The van der Waals surface area contributed by atoms with Gasteiger partial charge in [-0.3, -0.25) is 0 Å². The van der Waals surface area contributed by atoms with E-state index in [2.05, 4.69) is 31.1 Å². The van der Waals surface area contributed by atoms with E-state index >= 15 is 0 Å². The second-order valence-corrected chi connectivity index (χ2v) is 6.18.